The average molecular weight is 302 g/mol. The molecular formula is C15H18F4N2. The molecule has 6 heteroatoms. The van der Waals surface area contributed by atoms with Crippen LogP contribution in [0.15, 0.2) is 6.07 Å². The number of benzene rings is 1. The van der Waals surface area contributed by atoms with E-state index in [1.165, 1.54) is 0 Å². The first-order valence-corrected chi connectivity index (χ1v) is 7.37. The SMILES string of the molecule is CCNC1CC2CCC(C1)N2c1c(F)c(F)cc(F)c1F. The molecule has 2 aliphatic rings. The number of hydrogen-bond acceptors (Lipinski definition) is 2. The number of nitrogens with one attached hydrogen (secondary N) is 1. The third-order valence-corrected chi connectivity index (χ3v) is 4.57. The normalized spacial score (nSPS) is 28.2. The molecule has 0 aromatic heterocycles. The molecule has 2 atom stereocenters. The van der Waals surface area contributed by atoms with Crippen molar-refractivity contribution in [1.29, 1.82) is 0 Å². The fourth-order valence-corrected chi connectivity index (χ4v) is 3.78. The molecule has 0 radical (unpaired) electrons. The van der Waals surface area contributed by atoms with Gasteiger partial charge in [-0.1, -0.05) is 6.92 Å². The van der Waals surface area contributed by atoms with Gasteiger partial charge >= 0.3 is 0 Å². The summed E-state index contributed by atoms with van der Waals surface area (Å²) in [6.07, 6.45) is 3.07. The number of nitrogens with zero attached hydrogens (tertiary/aromatic N) is 1. The van der Waals surface area contributed by atoms with E-state index in [-0.39, 0.29) is 18.2 Å². The molecule has 2 fully saturated rings. The van der Waals surface area contributed by atoms with Crippen LogP contribution in [0.2, 0.25) is 0 Å². The summed E-state index contributed by atoms with van der Waals surface area (Å²) in [5.74, 6) is -5.24. The molecule has 1 aromatic carbocycles. The Bertz CT molecular complexity index is 509. The maximum absolute atomic E-state index is 14.0. The zero-order valence-corrected chi connectivity index (χ0v) is 11.8. The van der Waals surface area contributed by atoms with Crippen molar-refractivity contribution in [2.24, 2.45) is 0 Å². The molecular weight excluding hydrogens is 284 g/mol. The predicted molar refractivity (Wildman–Crippen MR) is 72.3 cm³/mol. The van der Waals surface area contributed by atoms with Crippen LogP contribution in [0.3, 0.4) is 0 Å². The second-order valence-corrected chi connectivity index (χ2v) is 5.84. The molecule has 21 heavy (non-hydrogen) atoms. The lowest BCUT2D eigenvalue weighted by molar-refractivity contribution is 0.351. The van der Waals surface area contributed by atoms with E-state index < -0.39 is 29.0 Å². The Balaban J connectivity index is 1.96. The quantitative estimate of drug-likeness (QED) is 0.680. The summed E-state index contributed by atoms with van der Waals surface area (Å²) in [5.41, 5.74) is -0.532. The standard InChI is InChI=1S/C15H18F4N2/c1-2-20-8-5-9-3-4-10(6-8)21(9)15-13(18)11(16)7-12(17)14(15)19/h7-10,20H,2-6H2,1H3. The molecule has 2 nitrogen and oxygen atoms in total. The molecule has 1 N–H and O–H groups in total. The Hall–Kier alpha value is -1.30. The first-order chi connectivity index (χ1) is 10.0. The summed E-state index contributed by atoms with van der Waals surface area (Å²) < 4.78 is 54.9. The number of piperidine rings is 1. The van der Waals surface area contributed by atoms with Crippen LogP contribution >= 0.6 is 0 Å². The van der Waals surface area contributed by atoms with E-state index in [1.54, 1.807) is 4.90 Å². The lowest BCUT2D eigenvalue weighted by Gasteiger charge is -2.41. The highest BCUT2D eigenvalue weighted by Crippen LogP contribution is 2.42. The van der Waals surface area contributed by atoms with Crippen LogP contribution in [0.5, 0.6) is 0 Å². The minimum absolute atomic E-state index is 0.0713. The van der Waals surface area contributed by atoms with Gasteiger partial charge in [-0.2, -0.15) is 0 Å². The Labute approximate surface area is 121 Å². The summed E-state index contributed by atoms with van der Waals surface area (Å²) in [6, 6.07) is 0.422. The molecule has 2 aliphatic heterocycles. The molecule has 0 spiro atoms. The highest BCUT2D eigenvalue weighted by atomic mass is 19.2. The van der Waals surface area contributed by atoms with E-state index in [9.17, 15) is 17.6 Å². The van der Waals surface area contributed by atoms with E-state index in [0.29, 0.717) is 6.04 Å². The second kappa shape index (κ2) is 5.48. The van der Waals surface area contributed by atoms with Crippen molar-refractivity contribution in [1.82, 2.24) is 5.32 Å². The Morgan fingerprint density at radius 3 is 2.05 bits per heavy atom. The summed E-state index contributed by atoms with van der Waals surface area (Å²) in [6.45, 7) is 2.84. The van der Waals surface area contributed by atoms with Crippen molar-refractivity contribution in [3.63, 3.8) is 0 Å². The first kappa shape index (κ1) is 14.6. The van der Waals surface area contributed by atoms with Crippen molar-refractivity contribution >= 4 is 5.69 Å². The molecule has 2 bridgehead atoms. The molecule has 2 unspecified atom stereocenters. The van der Waals surface area contributed by atoms with Crippen molar-refractivity contribution in [3.8, 4) is 0 Å². The molecule has 0 aliphatic carbocycles. The number of fused-ring (bicyclic) bond motifs is 2. The van der Waals surface area contributed by atoms with Crippen LogP contribution in [-0.4, -0.2) is 24.7 Å². The molecule has 0 saturated carbocycles. The molecule has 1 aromatic rings. The van der Waals surface area contributed by atoms with Gasteiger partial charge in [0.25, 0.3) is 0 Å². The van der Waals surface area contributed by atoms with E-state index in [2.05, 4.69) is 5.32 Å². The fraction of sp³-hybridized carbons (Fsp3) is 0.600. The lowest BCUT2D eigenvalue weighted by Crippen LogP contribution is -2.50. The largest absolute Gasteiger partial charge is 0.361 e. The predicted octanol–water partition coefficient (Wildman–Crippen LogP) is 3.35. The molecule has 2 heterocycles. The van der Waals surface area contributed by atoms with Crippen LogP contribution in [0.4, 0.5) is 23.2 Å². The summed E-state index contributed by atoms with van der Waals surface area (Å²) in [5, 5.41) is 3.35. The van der Waals surface area contributed by atoms with Crippen LogP contribution in [-0.2, 0) is 0 Å². The van der Waals surface area contributed by atoms with Crippen molar-refractivity contribution in [2.75, 3.05) is 11.4 Å². The smallest absolute Gasteiger partial charge is 0.185 e. The van der Waals surface area contributed by atoms with Gasteiger partial charge in [-0.25, -0.2) is 17.6 Å². The maximum Gasteiger partial charge on any atom is 0.185 e. The van der Waals surface area contributed by atoms with Crippen LogP contribution < -0.4 is 10.2 Å². The fourth-order valence-electron chi connectivity index (χ4n) is 3.78. The third kappa shape index (κ3) is 2.39. The number of rotatable bonds is 3. The van der Waals surface area contributed by atoms with E-state index >= 15 is 0 Å². The molecule has 0 amide bonds. The molecule has 3 rings (SSSR count). The Kier molecular flexibility index (Phi) is 3.82. The Morgan fingerprint density at radius 2 is 1.57 bits per heavy atom. The minimum atomic E-state index is -1.34. The van der Waals surface area contributed by atoms with Gasteiger partial charge in [-0.15, -0.1) is 0 Å². The Morgan fingerprint density at radius 1 is 1.05 bits per heavy atom. The van der Waals surface area contributed by atoms with Gasteiger partial charge in [0.1, 0.15) is 5.69 Å². The first-order valence-electron chi connectivity index (χ1n) is 7.37. The number of halogens is 4. The van der Waals surface area contributed by atoms with Gasteiger partial charge in [0.15, 0.2) is 23.3 Å². The third-order valence-electron chi connectivity index (χ3n) is 4.57. The van der Waals surface area contributed by atoms with Gasteiger partial charge in [-0.05, 0) is 32.2 Å². The summed E-state index contributed by atoms with van der Waals surface area (Å²) in [7, 11) is 0. The van der Waals surface area contributed by atoms with Gasteiger partial charge < -0.3 is 10.2 Å². The molecule has 2 saturated heterocycles. The lowest BCUT2D eigenvalue weighted by atomic mass is 9.96. The van der Waals surface area contributed by atoms with E-state index in [4.69, 9.17) is 0 Å². The van der Waals surface area contributed by atoms with Crippen LogP contribution in [0.1, 0.15) is 32.6 Å². The highest BCUT2D eigenvalue weighted by Gasteiger charge is 2.43. The number of hydrogen-bond donors (Lipinski definition) is 1. The second-order valence-electron chi connectivity index (χ2n) is 5.84. The van der Waals surface area contributed by atoms with Gasteiger partial charge in [0.2, 0.25) is 0 Å². The molecule has 116 valence electrons. The average Bonchev–Trinajstić information content (AvgIpc) is 2.69. The van der Waals surface area contributed by atoms with Gasteiger partial charge in [-0.3, -0.25) is 0 Å². The van der Waals surface area contributed by atoms with E-state index in [1.807, 2.05) is 6.92 Å². The van der Waals surface area contributed by atoms with Crippen molar-refractivity contribution < 1.29 is 17.6 Å². The monoisotopic (exact) mass is 302 g/mol. The summed E-state index contributed by atoms with van der Waals surface area (Å²) in [4.78, 5) is 1.56. The minimum Gasteiger partial charge on any atom is -0.361 e. The zero-order chi connectivity index (χ0) is 15.1. The van der Waals surface area contributed by atoms with E-state index in [0.717, 1.165) is 32.2 Å². The van der Waals surface area contributed by atoms with Crippen molar-refractivity contribution in [2.45, 2.75) is 50.7 Å². The zero-order valence-electron chi connectivity index (χ0n) is 11.8. The van der Waals surface area contributed by atoms with Crippen molar-refractivity contribution in [3.05, 3.63) is 29.3 Å². The highest BCUT2D eigenvalue weighted by molar-refractivity contribution is 5.53. The summed E-state index contributed by atoms with van der Waals surface area (Å²) >= 11 is 0. The number of anilines is 1. The van der Waals surface area contributed by atoms with Crippen LogP contribution in [0, 0.1) is 23.3 Å². The van der Waals surface area contributed by atoms with Gasteiger partial charge in [0, 0.05) is 24.2 Å². The topological polar surface area (TPSA) is 15.3 Å². The maximum atomic E-state index is 14.0. The van der Waals surface area contributed by atoms with Gasteiger partial charge in [0.05, 0.1) is 0 Å². The van der Waals surface area contributed by atoms with Crippen LogP contribution in [0.25, 0.3) is 0 Å².